The number of nitrogens with zero attached hydrogens (tertiary/aromatic N) is 3. The molecule has 0 unspecified atom stereocenters. The van der Waals surface area contributed by atoms with Crippen LogP contribution >= 0.6 is 11.6 Å². The van der Waals surface area contributed by atoms with E-state index in [4.69, 9.17) is 17.3 Å². The third-order valence-electron chi connectivity index (χ3n) is 2.98. The molecule has 0 spiro atoms. The highest BCUT2D eigenvalue weighted by Crippen LogP contribution is 2.25. The maximum atomic E-state index is 6.37. The van der Waals surface area contributed by atoms with E-state index in [1.54, 1.807) is 6.20 Å². The summed E-state index contributed by atoms with van der Waals surface area (Å²) in [4.78, 5) is 4.09. The van der Waals surface area contributed by atoms with E-state index in [0.29, 0.717) is 12.2 Å². The van der Waals surface area contributed by atoms with Gasteiger partial charge in [-0.3, -0.25) is 4.68 Å². The van der Waals surface area contributed by atoms with Crippen molar-refractivity contribution in [3.8, 4) is 0 Å². The summed E-state index contributed by atoms with van der Waals surface area (Å²) in [5, 5.41) is 5.25. The van der Waals surface area contributed by atoms with E-state index in [1.807, 2.05) is 16.8 Å². The van der Waals surface area contributed by atoms with Crippen molar-refractivity contribution in [2.75, 3.05) is 5.73 Å². The highest BCUT2D eigenvalue weighted by Gasteiger charge is 2.15. The van der Waals surface area contributed by atoms with E-state index in [9.17, 15) is 0 Å². The van der Waals surface area contributed by atoms with Crippen molar-refractivity contribution in [3.63, 3.8) is 0 Å². The third-order valence-corrected chi connectivity index (χ3v) is 3.41. The van der Waals surface area contributed by atoms with E-state index < -0.39 is 0 Å². The summed E-state index contributed by atoms with van der Waals surface area (Å²) < 4.78 is 1.94. The Hall–Kier alpha value is -1.55. The summed E-state index contributed by atoms with van der Waals surface area (Å²) in [6.45, 7) is 4.91. The summed E-state index contributed by atoms with van der Waals surface area (Å²) in [6, 6.07) is 3.85. The Kier molecular flexibility index (Phi) is 3.87. The molecule has 2 aromatic heterocycles. The number of hydrogen-bond donors (Lipinski definition) is 1. The fourth-order valence-corrected chi connectivity index (χ4v) is 2.30. The second kappa shape index (κ2) is 5.40. The molecule has 0 aliphatic heterocycles. The van der Waals surface area contributed by atoms with E-state index in [0.717, 1.165) is 34.9 Å². The van der Waals surface area contributed by atoms with Gasteiger partial charge in [0, 0.05) is 24.7 Å². The maximum absolute atomic E-state index is 6.37. The van der Waals surface area contributed by atoms with Crippen LogP contribution in [0, 0.1) is 0 Å². The maximum Gasteiger partial charge on any atom is 0.126 e. The van der Waals surface area contributed by atoms with Gasteiger partial charge >= 0.3 is 0 Å². The minimum absolute atomic E-state index is 0.551. The van der Waals surface area contributed by atoms with Gasteiger partial charge in [-0.05, 0) is 19.4 Å². The molecule has 0 aromatic carbocycles. The largest absolute Gasteiger partial charge is 0.383 e. The molecule has 0 bridgehead atoms. The topological polar surface area (TPSA) is 56.7 Å². The van der Waals surface area contributed by atoms with Crippen molar-refractivity contribution in [1.82, 2.24) is 14.8 Å². The number of rotatable bonds is 4. The minimum atomic E-state index is 0.551. The fourth-order valence-electron chi connectivity index (χ4n) is 1.97. The van der Waals surface area contributed by atoms with E-state index in [-0.39, 0.29) is 0 Å². The lowest BCUT2D eigenvalue weighted by atomic mass is 10.1. The molecule has 0 radical (unpaired) electrons. The van der Waals surface area contributed by atoms with Crippen LogP contribution in [0.3, 0.4) is 0 Å². The summed E-state index contributed by atoms with van der Waals surface area (Å²) in [5.74, 6) is 0.551. The molecule has 0 aliphatic rings. The van der Waals surface area contributed by atoms with Crippen LogP contribution in [0.2, 0.25) is 5.02 Å². The Balaban J connectivity index is 2.40. The Morgan fingerprint density at radius 1 is 1.39 bits per heavy atom. The summed E-state index contributed by atoms with van der Waals surface area (Å²) >= 11 is 6.37. The smallest absolute Gasteiger partial charge is 0.126 e. The first kappa shape index (κ1) is 12.9. The van der Waals surface area contributed by atoms with E-state index in [2.05, 4.69) is 23.9 Å². The van der Waals surface area contributed by atoms with Crippen LogP contribution in [-0.2, 0) is 19.4 Å². The van der Waals surface area contributed by atoms with E-state index in [1.165, 1.54) is 0 Å². The number of nitrogen functional groups attached to an aromatic ring is 1. The molecule has 0 fully saturated rings. The predicted molar refractivity (Wildman–Crippen MR) is 73.7 cm³/mol. The van der Waals surface area contributed by atoms with Crippen LogP contribution in [0.15, 0.2) is 18.3 Å². The molecule has 96 valence electrons. The zero-order valence-corrected chi connectivity index (χ0v) is 11.4. The molecule has 2 rings (SSSR count). The second-order valence-corrected chi connectivity index (χ2v) is 4.48. The molecule has 4 nitrogen and oxygen atoms in total. The Labute approximate surface area is 112 Å². The SMILES string of the molecule is CCc1nn(CC)c(Cc2cccnc2N)c1Cl. The van der Waals surface area contributed by atoms with E-state index >= 15 is 0 Å². The van der Waals surface area contributed by atoms with Crippen molar-refractivity contribution in [3.05, 3.63) is 40.3 Å². The van der Waals surface area contributed by atoms with Gasteiger partial charge in [-0.15, -0.1) is 0 Å². The van der Waals surface area contributed by atoms with Crippen molar-refractivity contribution in [1.29, 1.82) is 0 Å². The molecule has 2 N–H and O–H groups in total. The Morgan fingerprint density at radius 2 is 2.17 bits per heavy atom. The van der Waals surface area contributed by atoms with Gasteiger partial charge in [0.1, 0.15) is 5.82 Å². The number of anilines is 1. The summed E-state index contributed by atoms with van der Waals surface area (Å²) in [7, 11) is 0. The molecular weight excluding hydrogens is 248 g/mol. The van der Waals surface area contributed by atoms with Gasteiger partial charge in [0.2, 0.25) is 0 Å². The van der Waals surface area contributed by atoms with Crippen molar-refractivity contribution in [2.24, 2.45) is 0 Å². The average Bonchev–Trinajstić information content (AvgIpc) is 2.69. The lowest BCUT2D eigenvalue weighted by molar-refractivity contribution is 0.621. The zero-order valence-electron chi connectivity index (χ0n) is 10.7. The normalized spacial score (nSPS) is 10.8. The van der Waals surface area contributed by atoms with Crippen molar-refractivity contribution < 1.29 is 0 Å². The van der Waals surface area contributed by atoms with Gasteiger partial charge in [-0.2, -0.15) is 5.10 Å². The van der Waals surface area contributed by atoms with Gasteiger partial charge in [0.05, 0.1) is 16.4 Å². The number of nitrogens with two attached hydrogens (primary N) is 1. The predicted octanol–water partition coefficient (Wildman–Crippen LogP) is 2.69. The highest BCUT2D eigenvalue weighted by atomic mass is 35.5. The number of aromatic nitrogens is 3. The van der Waals surface area contributed by atoms with Gasteiger partial charge in [0.25, 0.3) is 0 Å². The molecule has 2 heterocycles. The second-order valence-electron chi connectivity index (χ2n) is 4.10. The molecule has 0 saturated heterocycles. The monoisotopic (exact) mass is 264 g/mol. The average molecular weight is 265 g/mol. The fraction of sp³-hybridized carbons (Fsp3) is 0.385. The first-order chi connectivity index (χ1) is 8.67. The van der Waals surface area contributed by atoms with Gasteiger partial charge in [0.15, 0.2) is 0 Å². The molecule has 18 heavy (non-hydrogen) atoms. The van der Waals surface area contributed by atoms with Crippen LogP contribution in [0.1, 0.15) is 30.8 Å². The van der Waals surface area contributed by atoms with Crippen LogP contribution in [0.5, 0.6) is 0 Å². The zero-order chi connectivity index (χ0) is 13.1. The number of pyridine rings is 1. The lowest BCUT2D eigenvalue weighted by Crippen LogP contribution is -2.05. The summed E-state index contributed by atoms with van der Waals surface area (Å²) in [6.07, 6.45) is 3.19. The lowest BCUT2D eigenvalue weighted by Gasteiger charge is -2.07. The molecule has 5 heteroatoms. The van der Waals surface area contributed by atoms with Crippen LogP contribution in [-0.4, -0.2) is 14.8 Å². The molecule has 0 aliphatic carbocycles. The van der Waals surface area contributed by atoms with Crippen LogP contribution in [0.25, 0.3) is 0 Å². The Morgan fingerprint density at radius 3 is 2.78 bits per heavy atom. The number of aryl methyl sites for hydroxylation is 2. The van der Waals surface area contributed by atoms with Crippen LogP contribution in [0.4, 0.5) is 5.82 Å². The molecule has 0 saturated carbocycles. The molecule has 0 amide bonds. The molecule has 0 atom stereocenters. The van der Waals surface area contributed by atoms with Gasteiger partial charge in [-0.25, -0.2) is 4.98 Å². The summed E-state index contributed by atoms with van der Waals surface area (Å²) in [5.41, 5.74) is 8.80. The van der Waals surface area contributed by atoms with Crippen molar-refractivity contribution in [2.45, 2.75) is 33.2 Å². The first-order valence-corrected chi connectivity index (χ1v) is 6.48. The first-order valence-electron chi connectivity index (χ1n) is 6.10. The molecule has 2 aromatic rings. The standard InChI is InChI=1S/C13H17ClN4/c1-3-10-12(14)11(18(4-2)17-10)8-9-6-5-7-16-13(9)15/h5-7H,3-4,8H2,1-2H3,(H2,15,16). The quantitative estimate of drug-likeness (QED) is 0.924. The Bertz CT molecular complexity index is 548. The van der Waals surface area contributed by atoms with Crippen molar-refractivity contribution >= 4 is 17.4 Å². The number of halogens is 1. The van der Waals surface area contributed by atoms with Crippen LogP contribution < -0.4 is 5.73 Å². The van der Waals surface area contributed by atoms with Gasteiger partial charge < -0.3 is 5.73 Å². The third kappa shape index (κ3) is 2.34. The number of hydrogen-bond acceptors (Lipinski definition) is 3. The van der Waals surface area contributed by atoms with Gasteiger partial charge in [-0.1, -0.05) is 24.6 Å². The molecular formula is C13H17ClN4. The highest BCUT2D eigenvalue weighted by molar-refractivity contribution is 6.31. The minimum Gasteiger partial charge on any atom is -0.383 e.